The molecule has 0 heterocycles. The number of ether oxygens (including phenoxy) is 2. The third-order valence-corrected chi connectivity index (χ3v) is 12.9. The van der Waals surface area contributed by atoms with Gasteiger partial charge >= 0.3 is 0 Å². The Hall–Kier alpha value is -3.52. The zero-order chi connectivity index (χ0) is 35.7. The lowest BCUT2D eigenvalue weighted by atomic mass is 9.80. The van der Waals surface area contributed by atoms with Crippen LogP contribution in [0.4, 0.5) is 0 Å². The van der Waals surface area contributed by atoms with Gasteiger partial charge in [0.05, 0.1) is 0 Å². The molecule has 0 fully saturated rings. The summed E-state index contributed by atoms with van der Waals surface area (Å²) in [5.41, 5.74) is 25.6. The molecule has 266 valence electrons. The molecule has 2 aliphatic carbocycles. The van der Waals surface area contributed by atoms with Crippen molar-refractivity contribution >= 4 is 0 Å². The first-order valence-corrected chi connectivity index (χ1v) is 19.8. The van der Waals surface area contributed by atoms with Crippen LogP contribution in [-0.2, 0) is 51.7 Å². The minimum Gasteiger partial charge on any atom is -0.488 e. The van der Waals surface area contributed by atoms with E-state index in [1.54, 1.807) is 0 Å². The third-order valence-electron chi connectivity index (χ3n) is 12.9. The van der Waals surface area contributed by atoms with Crippen LogP contribution in [-0.4, -0.2) is 0 Å². The van der Waals surface area contributed by atoms with Gasteiger partial charge in [0.25, 0.3) is 0 Å². The number of hydrogen-bond donors (Lipinski definition) is 0. The minimum atomic E-state index is 0.587. The van der Waals surface area contributed by atoms with E-state index in [1.807, 2.05) is 0 Å². The van der Waals surface area contributed by atoms with E-state index in [1.165, 1.54) is 139 Å². The fourth-order valence-electron chi connectivity index (χ4n) is 9.32. The average molecular weight is 671 g/mol. The van der Waals surface area contributed by atoms with Crippen LogP contribution < -0.4 is 9.47 Å². The number of aryl methyl sites for hydroxylation is 2. The van der Waals surface area contributed by atoms with Crippen LogP contribution in [0.1, 0.15) is 141 Å². The van der Waals surface area contributed by atoms with Crippen LogP contribution >= 0.6 is 0 Å². The second kappa shape index (κ2) is 15.4. The van der Waals surface area contributed by atoms with Crippen molar-refractivity contribution in [2.24, 2.45) is 0 Å². The average Bonchev–Trinajstić information content (AvgIpc) is 3.13. The molecule has 4 aromatic rings. The molecule has 0 spiro atoms. The smallest absolute Gasteiger partial charge is 0.128 e. The molecule has 4 aromatic carbocycles. The van der Waals surface area contributed by atoms with E-state index in [2.05, 4.69) is 93.5 Å². The lowest BCUT2D eigenvalue weighted by molar-refractivity contribution is 0.300. The highest BCUT2D eigenvalue weighted by Gasteiger charge is 2.27. The van der Waals surface area contributed by atoms with Crippen molar-refractivity contribution in [3.05, 3.63) is 113 Å². The van der Waals surface area contributed by atoms with E-state index in [-0.39, 0.29) is 0 Å². The monoisotopic (exact) mass is 670 g/mol. The number of hydrogen-bond acceptors (Lipinski definition) is 2. The Morgan fingerprint density at radius 2 is 0.740 bits per heavy atom. The van der Waals surface area contributed by atoms with Gasteiger partial charge in [-0.05, 0) is 221 Å². The molecule has 6 rings (SSSR count). The standard InChI is InChI=1S/C48H62O2/c1-11-17-39-29(3)33(7)43(34(8)30(39)4)27-49-45-25-23-37-19-13-15-21-41(37)47(45)48-42-22-16-14-20-38(42)24-26-46(48)50-28-44-35(9)31(5)40(18-12-2)32(6)36(44)10/h23-26H,11-22,27-28H2,1-10H3. The number of fused-ring (bicyclic) bond motifs is 2. The van der Waals surface area contributed by atoms with Crippen LogP contribution in [0.2, 0.25) is 0 Å². The maximum Gasteiger partial charge on any atom is 0.128 e. The van der Waals surface area contributed by atoms with E-state index in [4.69, 9.17) is 9.47 Å². The van der Waals surface area contributed by atoms with Gasteiger partial charge in [-0.3, -0.25) is 0 Å². The minimum absolute atomic E-state index is 0.587. The highest BCUT2D eigenvalue weighted by Crippen LogP contribution is 2.47. The van der Waals surface area contributed by atoms with Crippen molar-refractivity contribution in [1.82, 2.24) is 0 Å². The van der Waals surface area contributed by atoms with Gasteiger partial charge in [-0.1, -0.05) is 38.8 Å². The van der Waals surface area contributed by atoms with Gasteiger partial charge in [0.1, 0.15) is 24.7 Å². The van der Waals surface area contributed by atoms with Crippen LogP contribution in [0.5, 0.6) is 11.5 Å². The summed E-state index contributed by atoms with van der Waals surface area (Å²) in [6.45, 7) is 24.2. The van der Waals surface area contributed by atoms with Crippen molar-refractivity contribution in [3.8, 4) is 22.6 Å². The molecule has 0 saturated carbocycles. The quantitative estimate of drug-likeness (QED) is 0.158. The molecule has 0 saturated heterocycles. The summed E-state index contributed by atoms with van der Waals surface area (Å²) in [4.78, 5) is 0. The normalized spacial score (nSPS) is 14.0. The summed E-state index contributed by atoms with van der Waals surface area (Å²) >= 11 is 0. The lowest BCUT2D eigenvalue weighted by Crippen LogP contribution is -2.13. The molecule has 0 aliphatic heterocycles. The molecule has 2 aliphatic rings. The second-order valence-corrected chi connectivity index (χ2v) is 15.6. The molecule has 50 heavy (non-hydrogen) atoms. The van der Waals surface area contributed by atoms with Gasteiger partial charge in [0.15, 0.2) is 0 Å². The molecule has 0 bridgehead atoms. The molecule has 2 heteroatoms. The molecular formula is C48H62O2. The number of benzene rings is 4. The zero-order valence-corrected chi connectivity index (χ0v) is 33.0. The first-order chi connectivity index (χ1) is 24.1. The number of rotatable bonds is 11. The van der Waals surface area contributed by atoms with Crippen LogP contribution in [0.3, 0.4) is 0 Å². The zero-order valence-electron chi connectivity index (χ0n) is 33.0. The largest absolute Gasteiger partial charge is 0.488 e. The van der Waals surface area contributed by atoms with Crippen LogP contribution in [0.25, 0.3) is 11.1 Å². The van der Waals surface area contributed by atoms with E-state index >= 15 is 0 Å². The van der Waals surface area contributed by atoms with E-state index in [0.717, 1.165) is 50.0 Å². The van der Waals surface area contributed by atoms with Crippen LogP contribution in [0, 0.1) is 55.4 Å². The van der Waals surface area contributed by atoms with E-state index in [9.17, 15) is 0 Å². The highest BCUT2D eigenvalue weighted by molar-refractivity contribution is 5.84. The second-order valence-electron chi connectivity index (χ2n) is 15.6. The Kier molecular flexibility index (Phi) is 11.2. The van der Waals surface area contributed by atoms with Crippen LogP contribution in [0.15, 0.2) is 24.3 Å². The van der Waals surface area contributed by atoms with Crippen molar-refractivity contribution in [2.75, 3.05) is 0 Å². The van der Waals surface area contributed by atoms with Crippen molar-refractivity contribution in [3.63, 3.8) is 0 Å². The Morgan fingerprint density at radius 3 is 1.08 bits per heavy atom. The van der Waals surface area contributed by atoms with Gasteiger partial charge in [-0.25, -0.2) is 0 Å². The van der Waals surface area contributed by atoms with Crippen molar-refractivity contribution < 1.29 is 9.47 Å². The highest BCUT2D eigenvalue weighted by atomic mass is 16.5. The predicted octanol–water partition coefficient (Wildman–Crippen LogP) is 12.6. The lowest BCUT2D eigenvalue weighted by Gasteiger charge is -2.29. The van der Waals surface area contributed by atoms with Gasteiger partial charge in [0.2, 0.25) is 0 Å². The Morgan fingerprint density at radius 1 is 0.420 bits per heavy atom. The molecule has 2 nitrogen and oxygen atoms in total. The molecule has 0 atom stereocenters. The summed E-state index contributed by atoms with van der Waals surface area (Å²) in [6, 6.07) is 9.30. The summed E-state index contributed by atoms with van der Waals surface area (Å²) in [7, 11) is 0. The molecule has 0 unspecified atom stereocenters. The SMILES string of the molecule is CCCc1c(C)c(C)c(COc2ccc3c(c2-c2c(OCc4c(C)c(C)c(CCC)c(C)c4C)ccc4c2CCCC4)CCCC3)c(C)c1C. The van der Waals surface area contributed by atoms with Crippen molar-refractivity contribution in [1.29, 1.82) is 0 Å². The molecular weight excluding hydrogens is 609 g/mol. The Labute approximate surface area is 304 Å². The molecule has 0 aromatic heterocycles. The summed E-state index contributed by atoms with van der Waals surface area (Å²) in [5.74, 6) is 2.04. The summed E-state index contributed by atoms with van der Waals surface area (Å²) in [5, 5.41) is 0. The third kappa shape index (κ3) is 6.65. The van der Waals surface area contributed by atoms with E-state index < -0.39 is 0 Å². The Bertz CT molecular complexity index is 1710. The summed E-state index contributed by atoms with van der Waals surface area (Å²) in [6.07, 6.45) is 14.1. The Balaban J connectivity index is 1.46. The fraction of sp³-hybridized carbons (Fsp3) is 0.500. The van der Waals surface area contributed by atoms with E-state index in [0.29, 0.717) is 13.2 Å². The topological polar surface area (TPSA) is 18.5 Å². The first-order valence-electron chi connectivity index (χ1n) is 19.8. The first kappa shape index (κ1) is 36.3. The van der Waals surface area contributed by atoms with Gasteiger partial charge in [0, 0.05) is 11.1 Å². The fourth-order valence-corrected chi connectivity index (χ4v) is 9.32. The molecule has 0 amide bonds. The maximum atomic E-state index is 7.07. The van der Waals surface area contributed by atoms with Gasteiger partial charge in [-0.2, -0.15) is 0 Å². The molecule has 0 N–H and O–H groups in total. The van der Waals surface area contributed by atoms with Gasteiger partial charge in [-0.15, -0.1) is 0 Å². The van der Waals surface area contributed by atoms with Gasteiger partial charge < -0.3 is 9.47 Å². The predicted molar refractivity (Wildman–Crippen MR) is 213 cm³/mol. The summed E-state index contributed by atoms with van der Waals surface area (Å²) < 4.78 is 14.1. The molecule has 0 radical (unpaired) electrons. The maximum absolute atomic E-state index is 7.07. The van der Waals surface area contributed by atoms with Crippen molar-refractivity contribution in [2.45, 2.75) is 160 Å².